The summed E-state index contributed by atoms with van der Waals surface area (Å²) < 4.78 is 34.3. The van der Waals surface area contributed by atoms with Crippen LogP contribution in [-0.4, -0.2) is 57.2 Å². The Hall–Kier alpha value is -2.65. The summed E-state index contributed by atoms with van der Waals surface area (Å²) in [5, 5.41) is 2.54. The third kappa shape index (κ3) is 8.36. The number of pyridine rings is 1. The van der Waals surface area contributed by atoms with Crippen LogP contribution < -0.4 is 10.1 Å². The predicted molar refractivity (Wildman–Crippen MR) is 105 cm³/mol. The zero-order chi connectivity index (χ0) is 20.4. The Morgan fingerprint density at radius 2 is 2.11 bits per heavy atom. The summed E-state index contributed by atoms with van der Waals surface area (Å²) in [6, 6.07) is 5.36. The Bertz CT molecular complexity index is 877. The molecule has 1 N–H and O–H groups in total. The number of hydrogen-bond donors (Lipinski definition) is 1. The average Bonchev–Trinajstić information content (AvgIpc) is 3.09. The van der Waals surface area contributed by atoms with E-state index in [1.54, 1.807) is 24.4 Å². The summed E-state index contributed by atoms with van der Waals surface area (Å²) in [6.07, 6.45) is 7.88. The first-order chi connectivity index (χ1) is 13.3. The van der Waals surface area contributed by atoms with E-state index in [1.165, 1.54) is 12.5 Å². The standard InChI is InChI=1S/C19H25N3O5S/c1-22(2)12-16-5-8-21-19(11-16)27-9-4-3-7-20-18(23)15-28(24,25)14-17-6-10-26-13-17/h3-6,8,10-11,13H,7,9,12,14-15H2,1-2H3,(H,20,23)/b4-3-. The molecule has 28 heavy (non-hydrogen) atoms. The second-order valence-electron chi connectivity index (χ2n) is 6.49. The summed E-state index contributed by atoms with van der Waals surface area (Å²) >= 11 is 0. The lowest BCUT2D eigenvalue weighted by molar-refractivity contribution is -0.118. The normalized spacial score (nSPS) is 11.8. The molecule has 0 aliphatic carbocycles. The molecule has 8 nitrogen and oxygen atoms in total. The number of carbonyl (C=O) groups excluding carboxylic acids is 1. The molecule has 0 aromatic carbocycles. The van der Waals surface area contributed by atoms with E-state index in [9.17, 15) is 13.2 Å². The summed E-state index contributed by atoms with van der Waals surface area (Å²) in [4.78, 5) is 18.0. The molecule has 0 unspecified atom stereocenters. The average molecular weight is 407 g/mol. The lowest BCUT2D eigenvalue weighted by Gasteiger charge is -2.10. The molecule has 0 saturated heterocycles. The van der Waals surface area contributed by atoms with Gasteiger partial charge < -0.3 is 19.4 Å². The first kappa shape index (κ1) is 21.6. The van der Waals surface area contributed by atoms with E-state index in [1.807, 2.05) is 26.2 Å². The molecule has 0 aliphatic rings. The molecule has 2 aromatic heterocycles. The fourth-order valence-corrected chi connectivity index (χ4v) is 3.66. The van der Waals surface area contributed by atoms with Gasteiger partial charge in [-0.3, -0.25) is 4.79 Å². The highest BCUT2D eigenvalue weighted by molar-refractivity contribution is 7.91. The monoisotopic (exact) mass is 407 g/mol. The second-order valence-corrected chi connectivity index (χ2v) is 8.55. The number of aromatic nitrogens is 1. The van der Waals surface area contributed by atoms with E-state index in [2.05, 4.69) is 15.2 Å². The maximum absolute atomic E-state index is 11.9. The SMILES string of the molecule is CN(C)Cc1ccnc(OC/C=C\CNC(=O)CS(=O)(=O)Cc2ccoc2)c1. The number of nitrogens with one attached hydrogen (secondary N) is 1. The molecule has 0 bridgehead atoms. The van der Waals surface area contributed by atoms with Crippen molar-refractivity contribution in [1.29, 1.82) is 0 Å². The zero-order valence-electron chi connectivity index (χ0n) is 16.0. The zero-order valence-corrected chi connectivity index (χ0v) is 16.8. The highest BCUT2D eigenvalue weighted by Gasteiger charge is 2.17. The number of amides is 1. The van der Waals surface area contributed by atoms with Crippen LogP contribution in [-0.2, 0) is 26.9 Å². The molecular formula is C19H25N3O5S. The lowest BCUT2D eigenvalue weighted by atomic mass is 10.2. The van der Waals surface area contributed by atoms with Gasteiger partial charge in [-0.15, -0.1) is 0 Å². The molecule has 0 fully saturated rings. The van der Waals surface area contributed by atoms with E-state index in [4.69, 9.17) is 9.15 Å². The highest BCUT2D eigenvalue weighted by atomic mass is 32.2. The number of ether oxygens (including phenoxy) is 1. The Morgan fingerprint density at radius 1 is 1.29 bits per heavy atom. The minimum Gasteiger partial charge on any atom is -0.473 e. The predicted octanol–water partition coefficient (Wildman–Crippen LogP) is 1.40. The molecule has 1 amide bonds. The van der Waals surface area contributed by atoms with E-state index in [0.29, 0.717) is 18.1 Å². The van der Waals surface area contributed by atoms with Gasteiger partial charge >= 0.3 is 0 Å². The van der Waals surface area contributed by atoms with Crippen molar-refractivity contribution in [3.05, 3.63) is 60.2 Å². The molecule has 0 atom stereocenters. The van der Waals surface area contributed by atoms with Crippen molar-refractivity contribution in [2.45, 2.75) is 12.3 Å². The van der Waals surface area contributed by atoms with E-state index in [-0.39, 0.29) is 12.3 Å². The van der Waals surface area contributed by atoms with Gasteiger partial charge in [-0.1, -0.05) is 6.08 Å². The Balaban J connectivity index is 1.67. The minimum absolute atomic E-state index is 0.220. The topological polar surface area (TPSA) is 102 Å². The number of nitrogens with zero attached hydrogens (tertiary/aromatic N) is 2. The number of carbonyl (C=O) groups is 1. The molecular weight excluding hydrogens is 382 g/mol. The van der Waals surface area contributed by atoms with E-state index >= 15 is 0 Å². The van der Waals surface area contributed by atoms with Crippen molar-refractivity contribution < 1.29 is 22.4 Å². The summed E-state index contributed by atoms with van der Waals surface area (Å²) in [5.74, 6) is -0.809. The maximum atomic E-state index is 11.9. The van der Waals surface area contributed by atoms with Crippen molar-refractivity contribution in [3.8, 4) is 5.88 Å². The van der Waals surface area contributed by atoms with Crippen molar-refractivity contribution in [2.75, 3.05) is 33.0 Å². The molecule has 152 valence electrons. The molecule has 0 aliphatic heterocycles. The molecule has 2 rings (SSSR count). The van der Waals surface area contributed by atoms with Crippen LogP contribution in [0.4, 0.5) is 0 Å². The highest BCUT2D eigenvalue weighted by Crippen LogP contribution is 2.10. The Kier molecular flexibility index (Phi) is 8.21. The van der Waals surface area contributed by atoms with Gasteiger partial charge in [0.1, 0.15) is 12.4 Å². The largest absolute Gasteiger partial charge is 0.473 e. The fraction of sp³-hybridized carbons (Fsp3) is 0.368. The van der Waals surface area contributed by atoms with Crippen molar-refractivity contribution in [3.63, 3.8) is 0 Å². The van der Waals surface area contributed by atoms with Crippen molar-refractivity contribution in [1.82, 2.24) is 15.2 Å². The van der Waals surface area contributed by atoms with Gasteiger partial charge in [0.15, 0.2) is 9.84 Å². The first-order valence-corrected chi connectivity index (χ1v) is 10.5. The summed E-state index contributed by atoms with van der Waals surface area (Å²) in [7, 11) is 0.441. The molecule has 2 aromatic rings. The van der Waals surface area contributed by atoms with Gasteiger partial charge in [-0.2, -0.15) is 0 Å². The number of sulfone groups is 1. The van der Waals surface area contributed by atoms with Crippen molar-refractivity contribution >= 4 is 15.7 Å². The fourth-order valence-electron chi connectivity index (χ4n) is 2.38. The molecule has 0 radical (unpaired) electrons. The van der Waals surface area contributed by atoms with E-state index < -0.39 is 21.5 Å². The molecule has 0 saturated carbocycles. The van der Waals surface area contributed by atoms with Crippen LogP contribution in [0.3, 0.4) is 0 Å². The molecule has 2 heterocycles. The number of hydrogen-bond acceptors (Lipinski definition) is 7. The first-order valence-electron chi connectivity index (χ1n) is 8.70. The van der Waals surface area contributed by atoms with Gasteiger partial charge in [0.05, 0.1) is 18.3 Å². The minimum atomic E-state index is -3.53. The van der Waals surface area contributed by atoms with Crippen LogP contribution in [0.1, 0.15) is 11.1 Å². The van der Waals surface area contributed by atoms with Gasteiger partial charge in [-0.05, 0) is 37.9 Å². The third-order valence-corrected chi connectivity index (χ3v) is 5.00. The molecule has 9 heteroatoms. The number of furan rings is 1. The maximum Gasteiger partial charge on any atom is 0.235 e. The number of rotatable bonds is 11. The van der Waals surface area contributed by atoms with Crippen molar-refractivity contribution in [2.24, 2.45) is 0 Å². The van der Waals surface area contributed by atoms with Crippen LogP contribution in [0.5, 0.6) is 5.88 Å². The molecule has 0 spiro atoms. The Labute approximate surface area is 165 Å². The van der Waals surface area contributed by atoms with Gasteiger partial charge in [0.2, 0.25) is 11.8 Å². The summed E-state index contributed by atoms with van der Waals surface area (Å²) in [6.45, 7) is 1.31. The quantitative estimate of drug-likeness (QED) is 0.562. The van der Waals surface area contributed by atoms with Crippen LogP contribution in [0, 0.1) is 0 Å². The summed E-state index contributed by atoms with van der Waals surface area (Å²) in [5.41, 5.74) is 1.62. The van der Waals surface area contributed by atoms with Gasteiger partial charge in [0.25, 0.3) is 0 Å². The van der Waals surface area contributed by atoms with Crippen LogP contribution in [0.25, 0.3) is 0 Å². The lowest BCUT2D eigenvalue weighted by Crippen LogP contribution is -2.30. The second kappa shape index (κ2) is 10.6. The van der Waals surface area contributed by atoms with Gasteiger partial charge in [-0.25, -0.2) is 13.4 Å². The van der Waals surface area contributed by atoms with Crippen LogP contribution >= 0.6 is 0 Å². The Morgan fingerprint density at radius 3 is 2.82 bits per heavy atom. The van der Waals surface area contributed by atoms with Crippen LogP contribution in [0.2, 0.25) is 0 Å². The third-order valence-electron chi connectivity index (χ3n) is 3.53. The smallest absolute Gasteiger partial charge is 0.235 e. The van der Waals surface area contributed by atoms with E-state index in [0.717, 1.165) is 12.1 Å². The van der Waals surface area contributed by atoms with Crippen LogP contribution in [0.15, 0.2) is 53.5 Å². The van der Waals surface area contributed by atoms with Gasteiger partial charge in [0, 0.05) is 30.9 Å².